The van der Waals surface area contributed by atoms with Gasteiger partial charge >= 0.3 is 29.8 Å². The molecule has 77 heavy (non-hydrogen) atoms. The maximum Gasteiger partial charge on any atom is 0.306 e. The number of cyclic esters (lactones) is 5. The molecule has 0 saturated carbocycles. The van der Waals surface area contributed by atoms with Crippen LogP contribution in [-0.4, -0.2) is 59.9 Å². The molecule has 5 saturated heterocycles. The minimum atomic E-state index is -0.138. The molecule has 5 unspecified atom stereocenters. The summed E-state index contributed by atoms with van der Waals surface area (Å²) < 4.78 is 26.1. The predicted molar refractivity (Wildman–Crippen MR) is 318 cm³/mol. The van der Waals surface area contributed by atoms with E-state index in [2.05, 4.69) is 41.5 Å². The Morgan fingerprint density at radius 3 is 0.831 bits per heavy atom. The molecule has 0 aliphatic carbocycles. The highest BCUT2D eigenvalue weighted by molar-refractivity contribution is 5.73. The van der Waals surface area contributed by atoms with Crippen molar-refractivity contribution >= 4 is 29.8 Å². The van der Waals surface area contributed by atoms with Crippen LogP contribution in [0.1, 0.15) is 369 Å². The maximum atomic E-state index is 11.1. The molecule has 0 aromatic rings. The summed E-state index contributed by atoms with van der Waals surface area (Å²) in [5.41, 5.74) is -0.138. The number of hydrogen-bond donors (Lipinski definition) is 0. The lowest BCUT2D eigenvalue weighted by atomic mass is 9.95. The van der Waals surface area contributed by atoms with E-state index < -0.39 is 0 Å². The summed E-state index contributed by atoms with van der Waals surface area (Å²) in [5.74, 6) is 0.0122. The van der Waals surface area contributed by atoms with Crippen LogP contribution in [0.5, 0.6) is 0 Å². The zero-order valence-corrected chi connectivity index (χ0v) is 51.5. The molecule has 0 bridgehead atoms. The Labute approximate surface area is 474 Å². The summed E-state index contributed by atoms with van der Waals surface area (Å²) in [6.45, 7) is 13.3. The standard InChI is InChI=1S/3C14H26O2.C13H24O2.C12H22O2/c1-3-4-5-6-7-8-9-11-14(2)12-10-13(15)16-14;1-2-3-4-5-6-7-8-10-13-11-9-12-14(15)16-13;1-2-3-4-5-6-7-8-9-10-13-11-12-14(15)16-13;1-2-3-4-5-6-7-8-9-12-10-11-13(14)15-12;1-2-3-4-5-6-7-8-11-9-10-12(13)14-11/h3-12H2,1-2H3;2*13H,2-12H2,1H3;12H,2-11H2,1H3;11H,2-10H2,1H3. The molecule has 5 aliphatic rings. The lowest BCUT2D eigenvalue weighted by Crippen LogP contribution is -2.23. The molecule has 0 amide bonds. The van der Waals surface area contributed by atoms with E-state index in [1.165, 1.54) is 225 Å². The van der Waals surface area contributed by atoms with E-state index in [1.54, 1.807) is 0 Å². The molecule has 5 aliphatic heterocycles. The Morgan fingerprint density at radius 1 is 0.312 bits per heavy atom. The molecule has 452 valence electrons. The molecule has 0 spiro atoms. The Balaban J connectivity index is 0.000000482. The SMILES string of the molecule is CCCCCCCCC1CCC(=O)O1.CCCCCCCCCC1(C)CCC(=O)O1.CCCCCCCCCC1CCC(=O)O1.CCCCCCCCCC1CCCC(=O)O1.CCCCCCCCCCC1CCC(=O)O1. The highest BCUT2D eigenvalue weighted by Crippen LogP contribution is 2.31. The van der Waals surface area contributed by atoms with Crippen molar-refractivity contribution in [3.05, 3.63) is 0 Å². The molecular weight excluding hydrogens is 965 g/mol. The van der Waals surface area contributed by atoms with Crippen molar-refractivity contribution in [2.45, 2.75) is 399 Å². The maximum absolute atomic E-state index is 11.1. The van der Waals surface area contributed by atoms with Crippen LogP contribution in [0, 0.1) is 0 Å². The third-order valence-corrected chi connectivity index (χ3v) is 16.2. The second kappa shape index (κ2) is 51.5. The van der Waals surface area contributed by atoms with E-state index in [4.69, 9.17) is 23.7 Å². The highest BCUT2D eigenvalue weighted by Gasteiger charge is 2.35. The lowest BCUT2D eigenvalue weighted by Gasteiger charge is -2.22. The third-order valence-electron chi connectivity index (χ3n) is 16.2. The molecule has 5 rings (SSSR count). The highest BCUT2D eigenvalue weighted by atomic mass is 16.6. The van der Waals surface area contributed by atoms with Gasteiger partial charge in [0.2, 0.25) is 0 Å². The smallest absolute Gasteiger partial charge is 0.306 e. The summed E-state index contributed by atoms with van der Waals surface area (Å²) in [5, 5.41) is 0. The molecule has 10 nitrogen and oxygen atoms in total. The van der Waals surface area contributed by atoms with Crippen LogP contribution < -0.4 is 0 Å². The van der Waals surface area contributed by atoms with Crippen LogP contribution in [0.3, 0.4) is 0 Å². The van der Waals surface area contributed by atoms with Gasteiger partial charge in [0.15, 0.2) is 0 Å². The number of carbonyl (C=O) groups is 5. The molecule has 0 aromatic heterocycles. The average molecular weight is 1090 g/mol. The largest absolute Gasteiger partial charge is 0.462 e. The number of carbonyl (C=O) groups excluding carboxylic acids is 5. The fourth-order valence-electron chi connectivity index (χ4n) is 11.0. The van der Waals surface area contributed by atoms with Crippen LogP contribution >= 0.6 is 0 Å². The van der Waals surface area contributed by atoms with E-state index in [-0.39, 0.29) is 59.9 Å². The summed E-state index contributed by atoms with van der Waals surface area (Å²) in [6, 6.07) is 0. The number of rotatable bonds is 40. The van der Waals surface area contributed by atoms with E-state index in [0.29, 0.717) is 32.1 Å². The van der Waals surface area contributed by atoms with Crippen LogP contribution in [0.2, 0.25) is 0 Å². The van der Waals surface area contributed by atoms with Crippen LogP contribution in [0.4, 0.5) is 0 Å². The third kappa shape index (κ3) is 44.7. The first-order valence-electron chi connectivity index (χ1n) is 33.5. The minimum absolute atomic E-state index is 0.000910. The number of hydrogen-bond acceptors (Lipinski definition) is 10. The monoisotopic (exact) mass is 1090 g/mol. The zero-order valence-electron chi connectivity index (χ0n) is 51.5. The molecule has 10 heteroatoms. The van der Waals surface area contributed by atoms with Gasteiger partial charge in [0.25, 0.3) is 0 Å². The summed E-state index contributed by atoms with van der Waals surface area (Å²) >= 11 is 0. The molecular formula is C67H124O10. The molecule has 5 atom stereocenters. The Hall–Kier alpha value is -2.65. The fraction of sp³-hybridized carbons (Fsp3) is 0.925. The van der Waals surface area contributed by atoms with Crippen molar-refractivity contribution in [1.82, 2.24) is 0 Å². The Bertz CT molecular complexity index is 1410. The fourth-order valence-corrected chi connectivity index (χ4v) is 11.0. The van der Waals surface area contributed by atoms with Crippen molar-refractivity contribution < 1.29 is 47.7 Å². The lowest BCUT2D eigenvalue weighted by molar-refractivity contribution is -0.154. The van der Waals surface area contributed by atoms with E-state index in [0.717, 1.165) is 70.6 Å². The van der Waals surface area contributed by atoms with Gasteiger partial charge in [-0.15, -0.1) is 0 Å². The molecule has 0 radical (unpaired) electrons. The van der Waals surface area contributed by atoms with Gasteiger partial charge in [-0.05, 0) is 110 Å². The van der Waals surface area contributed by atoms with Gasteiger partial charge < -0.3 is 23.7 Å². The molecule has 0 aromatic carbocycles. The van der Waals surface area contributed by atoms with Gasteiger partial charge in [-0.2, -0.15) is 0 Å². The summed E-state index contributed by atoms with van der Waals surface area (Å²) in [4.78, 5) is 54.6. The summed E-state index contributed by atoms with van der Waals surface area (Å²) in [7, 11) is 0. The Morgan fingerprint density at radius 2 is 0.571 bits per heavy atom. The van der Waals surface area contributed by atoms with Gasteiger partial charge in [0, 0.05) is 32.1 Å². The first-order valence-corrected chi connectivity index (χ1v) is 33.5. The van der Waals surface area contributed by atoms with Crippen molar-refractivity contribution in [2.75, 3.05) is 0 Å². The van der Waals surface area contributed by atoms with Gasteiger partial charge in [-0.3, -0.25) is 24.0 Å². The second-order valence-electron chi connectivity index (χ2n) is 23.9. The molecule has 5 fully saturated rings. The van der Waals surface area contributed by atoms with Crippen molar-refractivity contribution in [2.24, 2.45) is 0 Å². The van der Waals surface area contributed by atoms with Gasteiger partial charge in [0.05, 0.1) is 0 Å². The predicted octanol–water partition coefficient (Wildman–Crippen LogP) is 19.9. The van der Waals surface area contributed by atoms with Crippen LogP contribution in [0.25, 0.3) is 0 Å². The van der Waals surface area contributed by atoms with Crippen LogP contribution in [-0.2, 0) is 47.7 Å². The molecule has 5 heterocycles. The number of ether oxygens (including phenoxy) is 5. The van der Waals surface area contributed by atoms with E-state index >= 15 is 0 Å². The van der Waals surface area contributed by atoms with Crippen molar-refractivity contribution in [1.29, 1.82) is 0 Å². The van der Waals surface area contributed by atoms with Gasteiger partial charge in [0.1, 0.15) is 30.0 Å². The van der Waals surface area contributed by atoms with E-state index in [9.17, 15) is 24.0 Å². The van der Waals surface area contributed by atoms with Gasteiger partial charge in [-0.1, -0.05) is 227 Å². The van der Waals surface area contributed by atoms with E-state index in [1.807, 2.05) is 0 Å². The normalized spacial score (nSPS) is 21.5. The topological polar surface area (TPSA) is 132 Å². The van der Waals surface area contributed by atoms with Crippen molar-refractivity contribution in [3.8, 4) is 0 Å². The number of esters is 5. The Kier molecular flexibility index (Phi) is 48.4. The quantitative estimate of drug-likeness (QED) is 0.0332. The first kappa shape index (κ1) is 72.4. The van der Waals surface area contributed by atoms with Crippen molar-refractivity contribution in [3.63, 3.8) is 0 Å². The summed E-state index contributed by atoms with van der Waals surface area (Å²) in [6.07, 6.45) is 62.0. The van der Waals surface area contributed by atoms with Crippen LogP contribution in [0.15, 0.2) is 0 Å². The molecule has 0 N–H and O–H groups in total. The minimum Gasteiger partial charge on any atom is -0.462 e. The van der Waals surface area contributed by atoms with Gasteiger partial charge in [-0.25, -0.2) is 0 Å². The number of unbranched alkanes of at least 4 members (excludes halogenated alkanes) is 30. The second-order valence-corrected chi connectivity index (χ2v) is 23.9. The average Bonchev–Trinajstić information content (AvgIpc) is 4.23. The first-order chi connectivity index (χ1) is 37.5. The zero-order chi connectivity index (χ0) is 56.3.